The number of nitrogens with zero attached hydrogens (tertiary/aromatic N) is 2. The van der Waals surface area contributed by atoms with Crippen molar-refractivity contribution in [1.29, 1.82) is 5.41 Å². The fraction of sp³-hybridized carbons (Fsp3) is 0.533. The van der Waals surface area contributed by atoms with Gasteiger partial charge in [0.15, 0.2) is 0 Å². The van der Waals surface area contributed by atoms with Gasteiger partial charge in [-0.05, 0) is 38.3 Å². The summed E-state index contributed by atoms with van der Waals surface area (Å²) in [6, 6.07) is -0.948. The molecule has 25 heavy (non-hydrogen) atoms. The number of carbonyl (C=O) groups excluding carboxylic acids is 4. The first kappa shape index (κ1) is 17.6. The van der Waals surface area contributed by atoms with Crippen molar-refractivity contribution in [2.75, 3.05) is 20.1 Å². The van der Waals surface area contributed by atoms with Crippen LogP contribution in [-0.2, 0) is 19.2 Å². The van der Waals surface area contributed by atoms with Crippen molar-refractivity contribution in [3.8, 4) is 0 Å². The van der Waals surface area contributed by atoms with E-state index in [1.165, 1.54) is 0 Å². The van der Waals surface area contributed by atoms with Crippen LogP contribution in [0.25, 0.3) is 0 Å². The maximum Gasteiger partial charge on any atom is 0.278 e. The van der Waals surface area contributed by atoms with E-state index in [4.69, 9.17) is 5.41 Å². The van der Waals surface area contributed by atoms with Crippen LogP contribution in [0.1, 0.15) is 25.7 Å². The molecule has 0 saturated carbocycles. The summed E-state index contributed by atoms with van der Waals surface area (Å²) in [5, 5.41) is 10.4. The lowest BCUT2D eigenvalue weighted by Crippen LogP contribution is -2.55. The van der Waals surface area contributed by atoms with Crippen molar-refractivity contribution in [2.24, 2.45) is 0 Å². The standard InChI is InChI=1S/C15H19N5O4S/c1-17-25-10(16)7-19-6-2-3-8-12(19)15(24)20(14(8)23)9-4-5-11(21)18-13(9)22/h9,16-17H,2-7H2,1H3,(H,18,21,22). The van der Waals surface area contributed by atoms with Crippen molar-refractivity contribution in [2.45, 2.75) is 31.7 Å². The smallest absolute Gasteiger partial charge is 0.278 e. The number of imide groups is 2. The molecular formula is C15H19N5O4S. The first-order valence-electron chi connectivity index (χ1n) is 8.04. The molecule has 0 spiro atoms. The van der Waals surface area contributed by atoms with Gasteiger partial charge in [-0.1, -0.05) is 0 Å². The summed E-state index contributed by atoms with van der Waals surface area (Å²) >= 11 is 1.15. The topological polar surface area (TPSA) is 123 Å². The molecule has 0 bridgehead atoms. The average Bonchev–Trinajstić information content (AvgIpc) is 2.81. The van der Waals surface area contributed by atoms with Gasteiger partial charge in [-0.3, -0.25) is 39.5 Å². The zero-order valence-corrected chi connectivity index (χ0v) is 14.6. The van der Waals surface area contributed by atoms with Crippen LogP contribution in [0.2, 0.25) is 0 Å². The second-order valence-electron chi connectivity index (χ2n) is 6.03. The normalized spacial score (nSPS) is 24.0. The Morgan fingerprint density at radius 3 is 2.72 bits per heavy atom. The van der Waals surface area contributed by atoms with Crippen LogP contribution in [0, 0.1) is 5.41 Å². The van der Waals surface area contributed by atoms with Gasteiger partial charge >= 0.3 is 0 Å². The van der Waals surface area contributed by atoms with Crippen LogP contribution >= 0.6 is 11.9 Å². The minimum Gasteiger partial charge on any atom is -0.360 e. The van der Waals surface area contributed by atoms with Gasteiger partial charge in [0.25, 0.3) is 11.8 Å². The van der Waals surface area contributed by atoms with E-state index in [9.17, 15) is 19.2 Å². The van der Waals surface area contributed by atoms with Gasteiger partial charge in [-0.15, -0.1) is 0 Å². The quantitative estimate of drug-likeness (QED) is 0.262. The van der Waals surface area contributed by atoms with Crippen molar-refractivity contribution >= 4 is 40.6 Å². The highest BCUT2D eigenvalue weighted by Gasteiger charge is 2.48. The molecule has 3 N–H and O–H groups in total. The van der Waals surface area contributed by atoms with Gasteiger partial charge in [-0.2, -0.15) is 0 Å². The molecule has 10 heteroatoms. The highest BCUT2D eigenvalue weighted by atomic mass is 32.2. The van der Waals surface area contributed by atoms with Crippen LogP contribution in [0.15, 0.2) is 11.3 Å². The number of nitrogens with one attached hydrogen (secondary N) is 3. The van der Waals surface area contributed by atoms with Crippen LogP contribution in [0.3, 0.4) is 0 Å². The Bertz CT molecular complexity index is 704. The van der Waals surface area contributed by atoms with Crippen LogP contribution in [0.4, 0.5) is 0 Å². The van der Waals surface area contributed by atoms with Gasteiger partial charge in [-0.25, -0.2) is 0 Å². The number of rotatable bonds is 4. The maximum atomic E-state index is 12.9. The van der Waals surface area contributed by atoms with Crippen molar-refractivity contribution in [1.82, 2.24) is 19.8 Å². The second kappa shape index (κ2) is 6.96. The molecule has 1 atom stereocenters. The summed E-state index contributed by atoms with van der Waals surface area (Å²) in [6.45, 7) is 0.806. The maximum absolute atomic E-state index is 12.9. The lowest BCUT2D eigenvalue weighted by molar-refractivity contribution is -0.150. The third-order valence-electron chi connectivity index (χ3n) is 4.44. The van der Waals surface area contributed by atoms with E-state index < -0.39 is 29.7 Å². The first-order valence-corrected chi connectivity index (χ1v) is 8.86. The molecule has 4 amide bonds. The molecule has 0 aromatic carbocycles. The highest BCUT2D eigenvalue weighted by Crippen LogP contribution is 2.33. The molecule has 134 valence electrons. The number of hydrogen-bond donors (Lipinski definition) is 3. The Labute approximate surface area is 148 Å². The van der Waals surface area contributed by atoms with Crippen LogP contribution in [-0.4, -0.2) is 64.7 Å². The highest BCUT2D eigenvalue weighted by molar-refractivity contribution is 8.12. The molecule has 3 heterocycles. The number of carbonyl (C=O) groups is 4. The third-order valence-corrected chi connectivity index (χ3v) is 5.02. The summed E-state index contributed by atoms with van der Waals surface area (Å²) < 4.78 is 2.81. The van der Waals surface area contributed by atoms with Gasteiger partial charge in [0, 0.05) is 18.5 Å². The summed E-state index contributed by atoms with van der Waals surface area (Å²) in [6.07, 6.45) is 1.44. The van der Waals surface area contributed by atoms with Crippen molar-refractivity contribution < 1.29 is 19.2 Å². The van der Waals surface area contributed by atoms with E-state index in [0.717, 1.165) is 16.8 Å². The molecule has 1 unspecified atom stereocenters. The Balaban J connectivity index is 1.83. The van der Waals surface area contributed by atoms with E-state index in [1.807, 2.05) is 0 Å². The van der Waals surface area contributed by atoms with Crippen LogP contribution in [0.5, 0.6) is 0 Å². The fourth-order valence-corrected chi connectivity index (χ4v) is 3.86. The second-order valence-corrected chi connectivity index (χ2v) is 7.13. The van der Waals surface area contributed by atoms with Crippen molar-refractivity contribution in [3.05, 3.63) is 11.3 Å². The van der Waals surface area contributed by atoms with E-state index in [2.05, 4.69) is 10.0 Å². The minimum atomic E-state index is -0.948. The summed E-state index contributed by atoms with van der Waals surface area (Å²) in [5.74, 6) is -1.96. The molecule has 0 aliphatic carbocycles. The Kier molecular flexibility index (Phi) is 4.91. The third kappa shape index (κ3) is 3.19. The summed E-state index contributed by atoms with van der Waals surface area (Å²) in [7, 11) is 1.70. The zero-order chi connectivity index (χ0) is 18.1. The lowest BCUT2D eigenvalue weighted by Gasteiger charge is -2.30. The first-order chi connectivity index (χ1) is 11.9. The predicted octanol–water partition coefficient (Wildman–Crippen LogP) is -0.645. The molecule has 0 radical (unpaired) electrons. The van der Waals surface area contributed by atoms with Gasteiger partial charge in [0.1, 0.15) is 11.7 Å². The molecule has 0 aromatic rings. The predicted molar refractivity (Wildman–Crippen MR) is 90.2 cm³/mol. The molecule has 3 aliphatic heterocycles. The van der Waals surface area contributed by atoms with Gasteiger partial charge in [0.2, 0.25) is 11.8 Å². The van der Waals surface area contributed by atoms with E-state index >= 15 is 0 Å². The number of amides is 4. The Morgan fingerprint density at radius 1 is 1.28 bits per heavy atom. The minimum absolute atomic E-state index is 0.102. The van der Waals surface area contributed by atoms with Gasteiger partial charge < -0.3 is 4.90 Å². The molecule has 0 aromatic heterocycles. The van der Waals surface area contributed by atoms with E-state index in [0.29, 0.717) is 35.7 Å². The number of hydrogen-bond acceptors (Lipinski definition) is 8. The van der Waals surface area contributed by atoms with Crippen LogP contribution < -0.4 is 10.0 Å². The monoisotopic (exact) mass is 365 g/mol. The summed E-state index contributed by atoms with van der Waals surface area (Å²) in [5.41, 5.74) is 0.700. The fourth-order valence-electron chi connectivity index (χ4n) is 3.39. The molecule has 3 rings (SSSR count). The van der Waals surface area contributed by atoms with Gasteiger partial charge in [0.05, 0.1) is 11.6 Å². The summed E-state index contributed by atoms with van der Waals surface area (Å²) in [4.78, 5) is 51.7. The molecule has 3 aliphatic rings. The Hall–Kier alpha value is -2.20. The molecule has 9 nitrogen and oxygen atoms in total. The average molecular weight is 365 g/mol. The Morgan fingerprint density at radius 2 is 2.04 bits per heavy atom. The van der Waals surface area contributed by atoms with E-state index in [-0.39, 0.29) is 19.4 Å². The van der Waals surface area contributed by atoms with E-state index in [1.54, 1.807) is 11.9 Å². The molecular weight excluding hydrogens is 346 g/mol. The SMILES string of the molecule is CNSC(=N)CN1CCCC2=C1C(=O)N(C1CCC(=O)NC1=O)C2=O. The molecule has 1 fully saturated rings. The lowest BCUT2D eigenvalue weighted by atomic mass is 10.0. The van der Waals surface area contributed by atoms with Crippen molar-refractivity contribution in [3.63, 3.8) is 0 Å². The largest absolute Gasteiger partial charge is 0.360 e. The molecule has 1 saturated heterocycles. The zero-order valence-electron chi connectivity index (χ0n) is 13.8. The number of piperidine rings is 1.